The Morgan fingerprint density at radius 2 is 1.80 bits per heavy atom. The fourth-order valence-electron chi connectivity index (χ4n) is 2.22. The Hall–Kier alpha value is -0.860. The van der Waals surface area contributed by atoms with Crippen LogP contribution in [0, 0.1) is 0 Å². The quantitative estimate of drug-likeness (QED) is 0.738. The summed E-state index contributed by atoms with van der Waals surface area (Å²) >= 11 is 0. The maximum atomic E-state index is 10.1. The van der Waals surface area contributed by atoms with Gasteiger partial charge in [-0.05, 0) is 37.7 Å². The highest BCUT2D eigenvalue weighted by molar-refractivity contribution is 5.14. The maximum absolute atomic E-state index is 10.1. The molecule has 0 amide bonds. The third kappa shape index (κ3) is 3.05. The summed E-state index contributed by atoms with van der Waals surface area (Å²) in [5.74, 6) is 0. The van der Waals surface area contributed by atoms with Crippen LogP contribution in [-0.2, 0) is 6.42 Å². The summed E-state index contributed by atoms with van der Waals surface area (Å²) in [7, 11) is 0. The van der Waals surface area contributed by atoms with E-state index in [-0.39, 0.29) is 0 Å². The van der Waals surface area contributed by atoms with Gasteiger partial charge < -0.3 is 5.11 Å². The molecule has 0 aromatic heterocycles. The van der Waals surface area contributed by atoms with Gasteiger partial charge in [-0.1, -0.05) is 30.3 Å². The van der Waals surface area contributed by atoms with Crippen molar-refractivity contribution < 1.29 is 5.11 Å². The molecule has 15 heavy (non-hydrogen) atoms. The molecule has 2 nitrogen and oxygen atoms in total. The summed E-state index contributed by atoms with van der Waals surface area (Å²) in [6.45, 7) is 0.862. The highest BCUT2D eigenvalue weighted by Gasteiger charge is 2.29. The minimum Gasteiger partial charge on any atom is -0.376 e. The fourth-order valence-corrected chi connectivity index (χ4v) is 2.22. The smallest absolute Gasteiger partial charge is 0.116 e. The molecule has 82 valence electrons. The van der Waals surface area contributed by atoms with Gasteiger partial charge in [0.25, 0.3) is 0 Å². The normalized spacial score (nSPS) is 19.3. The van der Waals surface area contributed by atoms with E-state index >= 15 is 0 Å². The van der Waals surface area contributed by atoms with Gasteiger partial charge in [0.1, 0.15) is 5.72 Å². The van der Waals surface area contributed by atoms with Gasteiger partial charge in [0, 0.05) is 6.54 Å². The van der Waals surface area contributed by atoms with Gasteiger partial charge in [0.05, 0.1) is 0 Å². The molecule has 1 fully saturated rings. The van der Waals surface area contributed by atoms with Crippen LogP contribution in [0.1, 0.15) is 31.2 Å². The van der Waals surface area contributed by atoms with Crippen molar-refractivity contribution >= 4 is 0 Å². The summed E-state index contributed by atoms with van der Waals surface area (Å²) in [6, 6.07) is 10.4. The lowest BCUT2D eigenvalue weighted by Gasteiger charge is -2.23. The van der Waals surface area contributed by atoms with Crippen molar-refractivity contribution in [2.75, 3.05) is 6.54 Å². The average molecular weight is 205 g/mol. The van der Waals surface area contributed by atoms with Crippen molar-refractivity contribution in [1.82, 2.24) is 5.32 Å². The SMILES string of the molecule is OC1(NCCc2ccccc2)CCCC1. The Kier molecular flexibility index (Phi) is 3.39. The number of hydrogen-bond acceptors (Lipinski definition) is 2. The van der Waals surface area contributed by atoms with E-state index in [0.29, 0.717) is 0 Å². The average Bonchev–Trinajstić information content (AvgIpc) is 2.67. The van der Waals surface area contributed by atoms with Crippen LogP contribution in [0.4, 0.5) is 0 Å². The Bertz CT molecular complexity index is 291. The molecule has 0 bridgehead atoms. The van der Waals surface area contributed by atoms with E-state index in [1.54, 1.807) is 0 Å². The van der Waals surface area contributed by atoms with E-state index in [4.69, 9.17) is 0 Å². The van der Waals surface area contributed by atoms with Crippen LogP contribution in [0.2, 0.25) is 0 Å². The van der Waals surface area contributed by atoms with Crippen LogP contribution in [0.25, 0.3) is 0 Å². The zero-order valence-electron chi connectivity index (χ0n) is 9.08. The monoisotopic (exact) mass is 205 g/mol. The third-order valence-electron chi connectivity index (χ3n) is 3.14. The molecule has 1 aromatic rings. The minimum absolute atomic E-state index is 0.575. The number of aliphatic hydroxyl groups is 1. The van der Waals surface area contributed by atoms with Crippen molar-refractivity contribution in [3.8, 4) is 0 Å². The van der Waals surface area contributed by atoms with Gasteiger partial charge >= 0.3 is 0 Å². The van der Waals surface area contributed by atoms with Crippen molar-refractivity contribution in [3.63, 3.8) is 0 Å². The van der Waals surface area contributed by atoms with Crippen molar-refractivity contribution in [1.29, 1.82) is 0 Å². The predicted octanol–water partition coefficient (Wildman–Crippen LogP) is 2.08. The van der Waals surface area contributed by atoms with E-state index < -0.39 is 5.72 Å². The summed E-state index contributed by atoms with van der Waals surface area (Å²) in [4.78, 5) is 0. The Balaban J connectivity index is 1.75. The molecule has 0 unspecified atom stereocenters. The molecule has 1 aliphatic rings. The van der Waals surface area contributed by atoms with Gasteiger partial charge in [-0.3, -0.25) is 5.32 Å². The molecule has 0 spiro atoms. The number of rotatable bonds is 4. The molecule has 1 saturated carbocycles. The second-order valence-corrected chi connectivity index (χ2v) is 4.40. The number of benzene rings is 1. The molecule has 0 aliphatic heterocycles. The predicted molar refractivity (Wildman–Crippen MR) is 61.6 cm³/mol. The first-order valence-corrected chi connectivity index (χ1v) is 5.80. The lowest BCUT2D eigenvalue weighted by molar-refractivity contribution is 0.0130. The van der Waals surface area contributed by atoms with Gasteiger partial charge in [0.2, 0.25) is 0 Å². The lowest BCUT2D eigenvalue weighted by atomic mass is 10.1. The van der Waals surface area contributed by atoms with E-state index in [0.717, 1.165) is 38.6 Å². The van der Waals surface area contributed by atoms with Crippen molar-refractivity contribution in [2.45, 2.75) is 37.8 Å². The van der Waals surface area contributed by atoms with Crippen LogP contribution in [0.3, 0.4) is 0 Å². The Morgan fingerprint density at radius 3 is 2.47 bits per heavy atom. The summed E-state index contributed by atoms with van der Waals surface area (Å²) in [6.07, 6.45) is 5.09. The Morgan fingerprint density at radius 1 is 1.13 bits per heavy atom. The van der Waals surface area contributed by atoms with Crippen LogP contribution in [-0.4, -0.2) is 17.4 Å². The van der Waals surface area contributed by atoms with Crippen molar-refractivity contribution in [2.24, 2.45) is 0 Å². The molecule has 2 heteroatoms. The first-order valence-electron chi connectivity index (χ1n) is 5.80. The van der Waals surface area contributed by atoms with Gasteiger partial charge in [-0.2, -0.15) is 0 Å². The van der Waals surface area contributed by atoms with E-state index in [9.17, 15) is 5.11 Å². The standard InChI is InChI=1S/C13H19NO/c15-13(9-4-5-10-13)14-11-8-12-6-2-1-3-7-12/h1-3,6-7,14-15H,4-5,8-11H2. The molecule has 0 atom stereocenters. The first kappa shape index (κ1) is 10.7. The summed E-state index contributed by atoms with van der Waals surface area (Å²) in [5.41, 5.74) is 0.751. The van der Waals surface area contributed by atoms with Crippen LogP contribution < -0.4 is 5.32 Å². The molecular formula is C13H19NO. The molecule has 2 N–H and O–H groups in total. The van der Waals surface area contributed by atoms with Gasteiger partial charge in [-0.15, -0.1) is 0 Å². The van der Waals surface area contributed by atoms with Gasteiger partial charge in [-0.25, -0.2) is 0 Å². The first-order chi connectivity index (χ1) is 7.29. The van der Waals surface area contributed by atoms with Crippen molar-refractivity contribution in [3.05, 3.63) is 35.9 Å². The topological polar surface area (TPSA) is 32.3 Å². The highest BCUT2D eigenvalue weighted by atomic mass is 16.3. The molecular weight excluding hydrogens is 186 g/mol. The maximum Gasteiger partial charge on any atom is 0.116 e. The number of hydrogen-bond donors (Lipinski definition) is 2. The second-order valence-electron chi connectivity index (χ2n) is 4.40. The largest absolute Gasteiger partial charge is 0.376 e. The number of nitrogens with one attached hydrogen (secondary N) is 1. The Labute approximate surface area is 91.3 Å². The fraction of sp³-hybridized carbons (Fsp3) is 0.538. The molecule has 1 aliphatic carbocycles. The highest BCUT2D eigenvalue weighted by Crippen LogP contribution is 2.26. The summed E-state index contributed by atoms with van der Waals surface area (Å²) < 4.78 is 0. The molecule has 2 rings (SSSR count). The molecule has 0 saturated heterocycles. The molecule has 1 aromatic carbocycles. The van der Waals surface area contributed by atoms with E-state index in [1.165, 1.54) is 5.56 Å². The molecule has 0 radical (unpaired) electrons. The zero-order valence-corrected chi connectivity index (χ0v) is 9.08. The lowest BCUT2D eigenvalue weighted by Crippen LogP contribution is -2.43. The summed E-state index contributed by atoms with van der Waals surface area (Å²) in [5, 5.41) is 13.3. The van der Waals surface area contributed by atoms with Gasteiger partial charge in [0.15, 0.2) is 0 Å². The minimum atomic E-state index is -0.575. The molecule has 0 heterocycles. The van der Waals surface area contributed by atoms with Crippen LogP contribution in [0.15, 0.2) is 30.3 Å². The van der Waals surface area contributed by atoms with E-state index in [2.05, 4.69) is 29.6 Å². The third-order valence-corrected chi connectivity index (χ3v) is 3.14. The van der Waals surface area contributed by atoms with Crippen LogP contribution in [0.5, 0.6) is 0 Å². The zero-order chi connectivity index (χ0) is 10.6. The van der Waals surface area contributed by atoms with E-state index in [1.807, 2.05) is 6.07 Å². The second kappa shape index (κ2) is 4.77. The van der Waals surface area contributed by atoms with Crippen LogP contribution >= 0.6 is 0 Å².